The number of hydrogen-bond donors (Lipinski definition) is 2. The molecule has 0 saturated carbocycles. The molecule has 2 aromatic carbocycles. The molecule has 86 heavy (non-hydrogen) atoms. The van der Waals surface area contributed by atoms with Gasteiger partial charge in [0.2, 0.25) is 11.9 Å². The summed E-state index contributed by atoms with van der Waals surface area (Å²) in [5.41, 5.74) is 19.1. The summed E-state index contributed by atoms with van der Waals surface area (Å²) in [6.07, 6.45) is 20.4. The monoisotopic (exact) mass is 1240 g/mol. The van der Waals surface area contributed by atoms with Crippen LogP contribution in [-0.4, -0.2) is 129 Å². The van der Waals surface area contributed by atoms with E-state index in [0.717, 1.165) is 48.8 Å². The maximum absolute atomic E-state index is 15.1. The van der Waals surface area contributed by atoms with Crippen molar-refractivity contribution in [2.24, 2.45) is 25.6 Å². The van der Waals surface area contributed by atoms with Crippen LogP contribution in [-0.2, 0) is 34.5 Å². The molecule has 10 aromatic rings. The van der Waals surface area contributed by atoms with E-state index in [4.69, 9.17) is 20.8 Å². The van der Waals surface area contributed by atoms with Crippen LogP contribution in [0.15, 0.2) is 139 Å². The number of piperazine rings is 2. The lowest BCUT2D eigenvalue weighted by Crippen LogP contribution is -2.47. The van der Waals surface area contributed by atoms with Gasteiger partial charge >= 0.3 is 7.12 Å². The first-order chi connectivity index (χ1) is 40.9. The van der Waals surface area contributed by atoms with Crippen molar-refractivity contribution in [3.05, 3.63) is 185 Å². The highest BCUT2D eigenvalue weighted by molar-refractivity contribution is 9.10. The summed E-state index contributed by atoms with van der Waals surface area (Å²) in [6.45, 7) is 16.9. The molecule has 3 aliphatic heterocycles. The second kappa shape index (κ2) is 23.5. The summed E-state index contributed by atoms with van der Waals surface area (Å²) in [5.74, 6) is -0.134. The first kappa shape index (κ1) is 59.4. The van der Waals surface area contributed by atoms with Gasteiger partial charge in [-0.2, -0.15) is 20.4 Å². The van der Waals surface area contributed by atoms with E-state index in [1.165, 1.54) is 36.7 Å². The SMILES string of the molecule is C[C@](N)(c1ccc(F)cc1)c1cnc(N2CCN(c3c(F)cnn4cc(Br)cc34)CC2)nc1.Cn1cc(-c2cc3c(N4CCN(c5ncc([C@@](C)(N)c6ccc(F)cc6)cn5)CC4)c(F)cnn3c2)cn1.Cn1cc(B2OC(C)(C)C(C)(C)O2)cn1. The molecular formula is C60H66BBrF4N18O2. The Kier molecular flexibility index (Phi) is 16.3. The summed E-state index contributed by atoms with van der Waals surface area (Å²) < 4.78 is 75.8. The molecule has 0 radical (unpaired) electrons. The lowest BCUT2D eigenvalue weighted by Gasteiger charge is -2.36. The minimum atomic E-state index is -0.860. The molecule has 26 heteroatoms. The largest absolute Gasteiger partial charge is 0.498 e. The van der Waals surface area contributed by atoms with Gasteiger partial charge in [-0.25, -0.2) is 46.5 Å². The van der Waals surface area contributed by atoms with Crippen LogP contribution in [0.1, 0.15) is 63.8 Å². The number of rotatable bonds is 10. The zero-order chi connectivity index (χ0) is 60.9. The van der Waals surface area contributed by atoms with E-state index in [1.54, 1.807) is 86.0 Å². The zero-order valence-corrected chi connectivity index (χ0v) is 50.5. The zero-order valence-electron chi connectivity index (χ0n) is 49.0. The summed E-state index contributed by atoms with van der Waals surface area (Å²) >= 11 is 3.43. The number of aromatic nitrogens is 12. The minimum absolute atomic E-state index is 0.284. The van der Waals surface area contributed by atoms with E-state index in [-0.39, 0.29) is 41.6 Å². The Balaban J connectivity index is 0.000000146. The van der Waals surface area contributed by atoms with Gasteiger partial charge in [0, 0.05) is 154 Å². The van der Waals surface area contributed by atoms with Crippen LogP contribution in [0.2, 0.25) is 0 Å². The van der Waals surface area contributed by atoms with Crippen molar-refractivity contribution in [2.75, 3.05) is 72.0 Å². The normalized spacial score (nSPS) is 17.3. The number of aryl methyl sites for hydroxylation is 2. The van der Waals surface area contributed by atoms with Gasteiger partial charge < -0.3 is 40.4 Å². The Bertz CT molecular complexity index is 3970. The van der Waals surface area contributed by atoms with Crippen molar-refractivity contribution < 1.29 is 26.9 Å². The van der Waals surface area contributed by atoms with Gasteiger partial charge in [-0.05, 0) is 105 Å². The van der Waals surface area contributed by atoms with Crippen LogP contribution in [0, 0.1) is 23.3 Å². The van der Waals surface area contributed by atoms with E-state index < -0.39 is 11.1 Å². The molecule has 0 spiro atoms. The molecule has 8 aromatic heterocycles. The van der Waals surface area contributed by atoms with Gasteiger partial charge in [0.15, 0.2) is 11.6 Å². The highest BCUT2D eigenvalue weighted by atomic mass is 79.9. The summed E-state index contributed by atoms with van der Waals surface area (Å²) in [5, 5.41) is 16.7. The van der Waals surface area contributed by atoms with Crippen LogP contribution < -0.4 is 36.5 Å². The maximum Gasteiger partial charge on any atom is 0.498 e. The molecule has 4 N–H and O–H groups in total. The Labute approximate surface area is 503 Å². The Morgan fingerprint density at radius 2 is 0.895 bits per heavy atom. The van der Waals surface area contributed by atoms with Gasteiger partial charge in [-0.1, -0.05) is 24.3 Å². The highest BCUT2D eigenvalue weighted by Gasteiger charge is 2.52. The molecule has 20 nitrogen and oxygen atoms in total. The lowest BCUT2D eigenvalue weighted by molar-refractivity contribution is 0.00578. The van der Waals surface area contributed by atoms with E-state index in [1.807, 2.05) is 96.2 Å². The quantitative estimate of drug-likeness (QED) is 0.0991. The van der Waals surface area contributed by atoms with Gasteiger partial charge in [0.25, 0.3) is 0 Å². The van der Waals surface area contributed by atoms with Crippen molar-refractivity contribution in [2.45, 2.75) is 63.8 Å². The van der Waals surface area contributed by atoms with Crippen LogP contribution in [0.3, 0.4) is 0 Å². The van der Waals surface area contributed by atoms with Crippen molar-refractivity contribution in [1.29, 1.82) is 0 Å². The van der Waals surface area contributed by atoms with Gasteiger partial charge in [0.05, 0.1) is 51.9 Å². The van der Waals surface area contributed by atoms with Gasteiger partial charge in [-0.3, -0.25) is 9.36 Å². The predicted molar refractivity (Wildman–Crippen MR) is 326 cm³/mol. The van der Waals surface area contributed by atoms with Gasteiger partial charge in [0.1, 0.15) is 23.0 Å². The molecule has 13 rings (SSSR count). The highest BCUT2D eigenvalue weighted by Crippen LogP contribution is 2.37. The third-order valence-corrected chi connectivity index (χ3v) is 16.9. The molecule has 3 aliphatic rings. The van der Waals surface area contributed by atoms with E-state index >= 15 is 4.39 Å². The number of nitrogens with zero attached hydrogens (tertiary/aromatic N) is 16. The van der Waals surface area contributed by atoms with Crippen molar-refractivity contribution in [3.63, 3.8) is 0 Å². The first-order valence-corrected chi connectivity index (χ1v) is 28.8. The Morgan fingerprint density at radius 3 is 1.31 bits per heavy atom. The molecule has 2 atom stereocenters. The number of fused-ring (bicyclic) bond motifs is 2. The van der Waals surface area contributed by atoms with E-state index in [9.17, 15) is 13.2 Å². The molecular weight excluding hydrogens is 1170 g/mol. The summed E-state index contributed by atoms with van der Waals surface area (Å²) in [7, 11) is 3.44. The molecule has 0 aliphatic carbocycles. The minimum Gasteiger partial charge on any atom is -0.399 e. The lowest BCUT2D eigenvalue weighted by atomic mass is 9.82. The smallest absolute Gasteiger partial charge is 0.399 e. The molecule has 0 unspecified atom stereocenters. The van der Waals surface area contributed by atoms with E-state index in [2.05, 4.69) is 66.1 Å². The van der Waals surface area contributed by atoms with E-state index in [0.29, 0.717) is 81.1 Å². The molecule has 446 valence electrons. The predicted octanol–water partition coefficient (Wildman–Crippen LogP) is 7.78. The molecule has 3 fully saturated rings. The fourth-order valence-electron chi connectivity index (χ4n) is 10.6. The first-order valence-electron chi connectivity index (χ1n) is 28.0. The number of anilines is 4. The topological polar surface area (TPSA) is 205 Å². The Hall–Kier alpha value is -8.30. The number of halogens is 5. The van der Waals surface area contributed by atoms with Crippen LogP contribution in [0.5, 0.6) is 0 Å². The van der Waals surface area contributed by atoms with Crippen LogP contribution in [0.4, 0.5) is 40.8 Å². The van der Waals surface area contributed by atoms with Crippen LogP contribution in [0.25, 0.3) is 22.2 Å². The molecule has 3 saturated heterocycles. The average Bonchev–Trinajstić information content (AvgIpc) is 2.48. The number of nitrogens with two attached hydrogens (primary N) is 2. The molecule has 11 heterocycles. The summed E-state index contributed by atoms with van der Waals surface area (Å²) in [4.78, 5) is 26.4. The third kappa shape index (κ3) is 12.1. The Morgan fingerprint density at radius 1 is 0.488 bits per heavy atom. The van der Waals surface area contributed by atoms with Crippen molar-refractivity contribution in [3.8, 4) is 11.1 Å². The number of hydrogen-bond acceptors (Lipinski definition) is 16. The van der Waals surface area contributed by atoms with Crippen LogP contribution >= 0.6 is 15.9 Å². The van der Waals surface area contributed by atoms with Crippen molar-refractivity contribution in [1.82, 2.24) is 58.7 Å². The summed E-state index contributed by atoms with van der Waals surface area (Å²) in [6, 6.07) is 16.0. The second-order valence-corrected chi connectivity index (χ2v) is 24.0. The van der Waals surface area contributed by atoms with Gasteiger partial charge in [-0.15, -0.1) is 0 Å². The number of benzene rings is 2. The molecule has 0 amide bonds. The third-order valence-electron chi connectivity index (χ3n) is 16.5. The fraction of sp³-hybridized carbons (Fsp3) is 0.333. The average molecular weight is 1240 g/mol. The van der Waals surface area contributed by atoms with Crippen molar-refractivity contribution >= 4 is 62.8 Å². The second-order valence-electron chi connectivity index (χ2n) is 23.1. The standard InChI is InChI=1S/C27H27F2N9.C23H22BrF2N7.C10H17BN2O2/c1-27(30,20-3-5-22(28)6-4-20)21-13-31-26(32-14-21)37-9-7-36(8-10-37)25-23(29)15-34-38-17-18(11-24(25)38)19-12-33-35(2)16-19;1-23(27,15-2-4-18(25)5-3-15)16-11-28-22(29-12-16)32-8-6-31(7-9-32)21-19(26)13-30-33-14-17(24)10-20(21)33;1-9(2)10(3,4)15-11(14-9)8-6-12-13(5)7-8/h3-6,11-17H,7-10,30H2,1-2H3;2-5,10-14H,6-9,27H2,1H3;6-7H,1-5H3/t27-;23-;/m00./s1. The fourth-order valence-corrected chi connectivity index (χ4v) is 11.0. The molecule has 0 bridgehead atoms. The maximum atomic E-state index is 15.1.